The first kappa shape index (κ1) is 29.8. The summed E-state index contributed by atoms with van der Waals surface area (Å²) in [6, 6.07) is 33.5. The summed E-state index contributed by atoms with van der Waals surface area (Å²) in [7, 11) is 0. The van der Waals surface area contributed by atoms with Crippen molar-refractivity contribution in [2.45, 2.75) is 0 Å². The Bertz CT molecular complexity index is 2860. The van der Waals surface area contributed by atoms with Gasteiger partial charge in [0.25, 0.3) is 0 Å². The molecule has 0 aliphatic carbocycles. The first-order valence-corrected chi connectivity index (χ1v) is 16.0. The molecule has 0 aliphatic heterocycles. The number of hydrogen-bond donors (Lipinski definition) is 9. The van der Waals surface area contributed by atoms with E-state index in [4.69, 9.17) is 0 Å². The minimum absolute atomic E-state index is 0.00820. The molecule has 0 spiro atoms. The molecule has 51 heavy (non-hydrogen) atoms. The summed E-state index contributed by atoms with van der Waals surface area (Å²) in [5, 5.41) is 92.5. The Hall–Kier alpha value is -7.26. The van der Waals surface area contributed by atoms with Gasteiger partial charge in [-0.15, -0.1) is 0 Å². The molecule has 9 heteroatoms. The predicted octanol–water partition coefficient (Wildman–Crippen LogP) is 9.43. The maximum Gasteiger partial charge on any atom is 0.204 e. The Kier molecular flexibility index (Phi) is 6.21. The van der Waals surface area contributed by atoms with Gasteiger partial charge < -0.3 is 45.8 Å². The lowest BCUT2D eigenvalue weighted by molar-refractivity contribution is 0.350. The summed E-state index contributed by atoms with van der Waals surface area (Å²) in [5.41, 5.74) is 4.35. The Morgan fingerprint density at radius 2 is 0.784 bits per heavy atom. The molecule has 0 saturated heterocycles. The fourth-order valence-corrected chi connectivity index (χ4v) is 7.55. The van der Waals surface area contributed by atoms with Gasteiger partial charge in [-0.1, -0.05) is 103 Å². The van der Waals surface area contributed by atoms with Gasteiger partial charge in [-0.3, -0.25) is 0 Å². The molecule has 0 bridgehead atoms. The van der Waals surface area contributed by atoms with Gasteiger partial charge in [0.15, 0.2) is 23.0 Å². The summed E-state index contributed by atoms with van der Waals surface area (Å²) in [4.78, 5) is 3.50. The van der Waals surface area contributed by atoms with E-state index in [0.29, 0.717) is 16.5 Å². The van der Waals surface area contributed by atoms with Crippen LogP contribution in [0.15, 0.2) is 109 Å². The van der Waals surface area contributed by atoms with Crippen molar-refractivity contribution in [2.24, 2.45) is 0 Å². The molecule has 0 unspecified atom stereocenters. The van der Waals surface area contributed by atoms with Gasteiger partial charge in [0, 0.05) is 54.5 Å². The number of benzene rings is 8. The van der Waals surface area contributed by atoms with E-state index >= 15 is 0 Å². The number of aromatic nitrogens is 1. The molecule has 0 atom stereocenters. The van der Waals surface area contributed by atoms with Crippen LogP contribution >= 0.6 is 0 Å². The lowest BCUT2D eigenvalue weighted by Crippen LogP contribution is -1.95. The zero-order valence-corrected chi connectivity index (χ0v) is 26.5. The van der Waals surface area contributed by atoms with Crippen molar-refractivity contribution in [1.82, 2.24) is 4.98 Å². The van der Waals surface area contributed by atoms with Gasteiger partial charge >= 0.3 is 0 Å². The van der Waals surface area contributed by atoms with Crippen LogP contribution in [0, 0.1) is 0 Å². The maximum absolute atomic E-state index is 11.6. The number of aromatic hydroxyl groups is 8. The van der Waals surface area contributed by atoms with Crippen molar-refractivity contribution < 1.29 is 40.9 Å². The predicted molar refractivity (Wildman–Crippen MR) is 198 cm³/mol. The van der Waals surface area contributed by atoms with Gasteiger partial charge in [0.05, 0.1) is 5.52 Å². The van der Waals surface area contributed by atoms with E-state index in [0.717, 1.165) is 38.3 Å². The summed E-state index contributed by atoms with van der Waals surface area (Å²) in [5.74, 6) is -7.34. The first-order valence-electron chi connectivity index (χ1n) is 16.0. The number of nitrogens with one attached hydrogen (secondary N) is 1. The van der Waals surface area contributed by atoms with Crippen LogP contribution in [0.4, 0.5) is 0 Å². The third-order valence-corrected chi connectivity index (χ3v) is 9.88. The number of fused-ring (bicyclic) bond motifs is 6. The van der Waals surface area contributed by atoms with Crippen LogP contribution in [0.1, 0.15) is 0 Å². The standard InChI is InChI=1S/C42H27NO8/c44-35-30-28(21-17-15-20(16-18-21)23-11-6-13-26-24-10-3-4-14-27(24)43-34(23)26)31-33(38(47)42(51)40(49)36(31)45)29(32(30)37(46)41(50)39(35)48)25-12-5-8-19-7-1-2-9-22(19)25/h1-18,43-51H. The van der Waals surface area contributed by atoms with Crippen LogP contribution < -0.4 is 0 Å². The SMILES string of the molecule is Oc1c(O)c(O)c2c(-c3cccc4ccccc34)c3c(O)c(O)c(O)c(O)c3c(-c3ccc(-c4cccc5c4[nH]c4ccccc45)cc3)c2c1O. The molecular weight excluding hydrogens is 646 g/mol. The molecule has 0 amide bonds. The number of phenols is 8. The smallest absolute Gasteiger partial charge is 0.204 e. The molecule has 9 N–H and O–H groups in total. The fraction of sp³-hybridized carbons (Fsp3) is 0. The van der Waals surface area contributed by atoms with Gasteiger partial charge in [0.1, 0.15) is 0 Å². The highest BCUT2D eigenvalue weighted by molar-refractivity contribution is 6.30. The van der Waals surface area contributed by atoms with Crippen LogP contribution in [0.2, 0.25) is 0 Å². The Balaban J connectivity index is 1.42. The molecule has 1 aromatic heterocycles. The third kappa shape index (κ3) is 4.03. The quantitative estimate of drug-likeness (QED) is 0.0506. The number of rotatable bonds is 3. The van der Waals surface area contributed by atoms with Crippen LogP contribution in [-0.4, -0.2) is 45.8 Å². The second-order valence-electron chi connectivity index (χ2n) is 12.5. The topological polar surface area (TPSA) is 178 Å². The van der Waals surface area contributed by atoms with Crippen molar-refractivity contribution >= 4 is 54.1 Å². The Morgan fingerprint density at radius 1 is 0.333 bits per heavy atom. The molecule has 0 radical (unpaired) electrons. The lowest BCUT2D eigenvalue weighted by Gasteiger charge is -2.23. The van der Waals surface area contributed by atoms with Crippen molar-refractivity contribution in [3.05, 3.63) is 109 Å². The zero-order valence-electron chi connectivity index (χ0n) is 26.5. The van der Waals surface area contributed by atoms with E-state index in [2.05, 4.69) is 4.98 Å². The fourth-order valence-electron chi connectivity index (χ4n) is 7.55. The molecule has 0 saturated carbocycles. The maximum atomic E-state index is 11.6. The Morgan fingerprint density at radius 3 is 1.41 bits per heavy atom. The number of aromatic amines is 1. The first-order chi connectivity index (χ1) is 24.7. The van der Waals surface area contributed by atoms with E-state index < -0.39 is 46.0 Å². The average molecular weight is 674 g/mol. The minimum Gasteiger partial charge on any atom is -0.504 e. The zero-order chi connectivity index (χ0) is 35.3. The molecule has 8 aromatic carbocycles. The van der Waals surface area contributed by atoms with Gasteiger partial charge in [-0.05, 0) is 33.5 Å². The van der Waals surface area contributed by atoms with Crippen molar-refractivity contribution in [1.29, 1.82) is 0 Å². The molecule has 248 valence electrons. The highest BCUT2D eigenvalue weighted by Crippen LogP contribution is 2.62. The van der Waals surface area contributed by atoms with E-state index in [9.17, 15) is 40.9 Å². The van der Waals surface area contributed by atoms with Crippen LogP contribution in [0.3, 0.4) is 0 Å². The van der Waals surface area contributed by atoms with Crippen molar-refractivity contribution in [3.8, 4) is 79.4 Å². The van der Waals surface area contributed by atoms with Crippen LogP contribution in [0.25, 0.3) is 87.5 Å². The van der Waals surface area contributed by atoms with E-state index in [1.165, 1.54) is 0 Å². The summed E-state index contributed by atoms with van der Waals surface area (Å²) < 4.78 is 0. The second-order valence-corrected chi connectivity index (χ2v) is 12.5. The summed E-state index contributed by atoms with van der Waals surface area (Å²) >= 11 is 0. The van der Waals surface area contributed by atoms with Gasteiger partial charge in [-0.2, -0.15) is 0 Å². The number of hydrogen-bond acceptors (Lipinski definition) is 8. The van der Waals surface area contributed by atoms with Crippen molar-refractivity contribution in [2.75, 3.05) is 0 Å². The lowest BCUT2D eigenvalue weighted by atomic mass is 9.82. The van der Waals surface area contributed by atoms with E-state index in [-0.39, 0.29) is 32.7 Å². The largest absolute Gasteiger partial charge is 0.504 e. The van der Waals surface area contributed by atoms with E-state index in [1.54, 1.807) is 36.4 Å². The van der Waals surface area contributed by atoms with E-state index in [1.807, 2.05) is 72.8 Å². The van der Waals surface area contributed by atoms with Gasteiger partial charge in [-0.25, -0.2) is 0 Å². The van der Waals surface area contributed by atoms with Gasteiger partial charge in [0.2, 0.25) is 23.0 Å². The molecule has 0 aliphatic rings. The third-order valence-electron chi connectivity index (χ3n) is 9.88. The normalized spacial score (nSPS) is 11.8. The molecule has 9 nitrogen and oxygen atoms in total. The second kappa shape index (κ2) is 10.6. The number of phenolic OH excluding ortho intramolecular Hbond substituents is 8. The minimum atomic E-state index is -1.02. The average Bonchev–Trinajstić information content (AvgIpc) is 3.55. The summed E-state index contributed by atoms with van der Waals surface area (Å²) in [6.07, 6.45) is 0. The monoisotopic (exact) mass is 673 g/mol. The van der Waals surface area contributed by atoms with Crippen molar-refractivity contribution in [3.63, 3.8) is 0 Å². The molecule has 0 fully saturated rings. The molecule has 9 rings (SSSR count). The Labute approximate surface area is 288 Å². The number of H-pyrrole nitrogens is 1. The number of para-hydroxylation sites is 2. The summed E-state index contributed by atoms with van der Waals surface area (Å²) in [6.45, 7) is 0. The molecule has 1 heterocycles. The molecular formula is C42H27NO8. The highest BCUT2D eigenvalue weighted by Gasteiger charge is 2.32. The molecule has 9 aromatic rings. The van der Waals surface area contributed by atoms with Crippen LogP contribution in [0.5, 0.6) is 46.0 Å². The highest BCUT2D eigenvalue weighted by atomic mass is 16.4. The van der Waals surface area contributed by atoms with Crippen LogP contribution in [-0.2, 0) is 0 Å².